The second kappa shape index (κ2) is 3.60. The maximum absolute atomic E-state index is 11.4. The maximum Gasteiger partial charge on any atom is 0.346 e. The van der Waals surface area contributed by atoms with E-state index < -0.39 is 0 Å². The molecule has 13 heavy (non-hydrogen) atoms. The highest BCUT2D eigenvalue weighted by molar-refractivity contribution is 5.89. The summed E-state index contributed by atoms with van der Waals surface area (Å²) in [6.45, 7) is 4.11. The minimum absolute atomic E-state index is 0.254. The molecule has 4 heteroatoms. The van der Waals surface area contributed by atoms with Gasteiger partial charge in [-0.1, -0.05) is 0 Å². The zero-order valence-electron chi connectivity index (χ0n) is 8.50. The van der Waals surface area contributed by atoms with E-state index in [1.165, 1.54) is 0 Å². The summed E-state index contributed by atoms with van der Waals surface area (Å²) in [6, 6.07) is 0. The summed E-state index contributed by atoms with van der Waals surface area (Å²) < 4.78 is 8.66. The van der Waals surface area contributed by atoms with Gasteiger partial charge in [-0.2, -0.15) is 4.68 Å². The Morgan fingerprint density at radius 1 is 1.69 bits per heavy atom. The minimum atomic E-state index is -0.254. The molecule has 0 amide bonds. The Morgan fingerprint density at radius 2 is 2.31 bits per heavy atom. The zero-order valence-corrected chi connectivity index (χ0v) is 8.50. The second-order valence-electron chi connectivity index (χ2n) is 2.95. The van der Waals surface area contributed by atoms with Crippen molar-refractivity contribution in [3.05, 3.63) is 17.5 Å². The summed E-state index contributed by atoms with van der Waals surface area (Å²) in [7, 11) is 3.79. The van der Waals surface area contributed by atoms with Crippen LogP contribution < -0.4 is 4.68 Å². The molecule has 4 nitrogen and oxygen atoms in total. The van der Waals surface area contributed by atoms with Gasteiger partial charge in [0.25, 0.3) is 0 Å². The number of carbonyl (C=O) groups excluding carboxylic acids is 1. The molecule has 0 aromatic carbocycles. The van der Waals surface area contributed by atoms with E-state index in [9.17, 15) is 4.79 Å². The topological polar surface area (TPSA) is 35.1 Å². The van der Waals surface area contributed by atoms with Gasteiger partial charge >= 0.3 is 5.97 Å². The van der Waals surface area contributed by atoms with Crippen LogP contribution in [0.2, 0.25) is 0 Å². The summed E-state index contributed by atoms with van der Waals surface area (Å²) in [5.41, 5.74) is 1.55. The van der Waals surface area contributed by atoms with Gasteiger partial charge in [-0.15, -0.1) is 4.68 Å². The lowest BCUT2D eigenvalue weighted by molar-refractivity contribution is -0.751. The maximum atomic E-state index is 11.4. The Hall–Kier alpha value is -1.32. The van der Waals surface area contributed by atoms with Crippen LogP contribution in [0.4, 0.5) is 0 Å². The van der Waals surface area contributed by atoms with Gasteiger partial charge in [0, 0.05) is 0 Å². The minimum Gasteiger partial charge on any atom is -0.462 e. The van der Waals surface area contributed by atoms with Crippen LogP contribution in [0, 0.1) is 6.92 Å². The van der Waals surface area contributed by atoms with Crippen LogP contribution in [0.25, 0.3) is 0 Å². The molecule has 0 atom stereocenters. The van der Waals surface area contributed by atoms with Crippen molar-refractivity contribution in [1.29, 1.82) is 0 Å². The first kappa shape index (κ1) is 9.77. The van der Waals surface area contributed by atoms with Crippen molar-refractivity contribution in [2.24, 2.45) is 14.1 Å². The van der Waals surface area contributed by atoms with E-state index in [2.05, 4.69) is 0 Å². The molecule has 0 spiro atoms. The molecule has 0 fully saturated rings. The normalized spacial score (nSPS) is 10.2. The van der Waals surface area contributed by atoms with Crippen LogP contribution in [0.5, 0.6) is 0 Å². The van der Waals surface area contributed by atoms with Crippen LogP contribution in [-0.2, 0) is 18.8 Å². The van der Waals surface area contributed by atoms with Crippen molar-refractivity contribution in [2.75, 3.05) is 6.61 Å². The number of esters is 1. The lowest BCUT2D eigenvalue weighted by Crippen LogP contribution is -2.36. The second-order valence-corrected chi connectivity index (χ2v) is 2.95. The molecule has 0 bridgehead atoms. The van der Waals surface area contributed by atoms with Crippen molar-refractivity contribution in [3.8, 4) is 0 Å². The molecular formula is C9H15N2O2+. The molecule has 1 aromatic heterocycles. The summed E-state index contributed by atoms with van der Waals surface area (Å²) in [5, 5.41) is 0. The van der Waals surface area contributed by atoms with Crippen LogP contribution in [0.1, 0.15) is 23.0 Å². The average molecular weight is 183 g/mol. The third kappa shape index (κ3) is 1.71. The molecule has 0 unspecified atom stereocenters. The van der Waals surface area contributed by atoms with Gasteiger partial charge in [0.2, 0.25) is 6.20 Å². The molecule has 0 saturated heterocycles. The van der Waals surface area contributed by atoms with E-state index >= 15 is 0 Å². The molecule has 0 N–H and O–H groups in total. The summed E-state index contributed by atoms with van der Waals surface area (Å²) >= 11 is 0. The molecule has 1 heterocycles. The molecule has 1 rings (SSSR count). The molecule has 1 aromatic rings. The molecule has 0 aliphatic rings. The summed E-state index contributed by atoms with van der Waals surface area (Å²) in [5.74, 6) is -0.254. The van der Waals surface area contributed by atoms with Gasteiger partial charge < -0.3 is 4.74 Å². The van der Waals surface area contributed by atoms with Gasteiger partial charge in [-0.25, -0.2) is 4.79 Å². The molecule has 0 saturated carbocycles. The van der Waals surface area contributed by atoms with Crippen molar-refractivity contribution < 1.29 is 14.2 Å². The van der Waals surface area contributed by atoms with Gasteiger partial charge in [0.05, 0.1) is 19.3 Å². The average Bonchev–Trinajstić information content (AvgIpc) is 2.33. The van der Waals surface area contributed by atoms with Crippen LogP contribution in [0.15, 0.2) is 6.20 Å². The zero-order chi connectivity index (χ0) is 10.0. The van der Waals surface area contributed by atoms with Gasteiger partial charge in [-0.05, 0) is 13.8 Å². The fraction of sp³-hybridized carbons (Fsp3) is 0.556. The lowest BCUT2D eigenvalue weighted by atomic mass is 10.3. The predicted octanol–water partition coefficient (Wildman–Crippen LogP) is 0.335. The first-order valence-corrected chi connectivity index (χ1v) is 4.27. The third-order valence-electron chi connectivity index (χ3n) is 2.16. The van der Waals surface area contributed by atoms with Crippen LogP contribution >= 0.6 is 0 Å². The number of ether oxygens (including phenoxy) is 1. The van der Waals surface area contributed by atoms with Crippen molar-refractivity contribution >= 4 is 5.97 Å². The smallest absolute Gasteiger partial charge is 0.346 e. The fourth-order valence-corrected chi connectivity index (χ4v) is 1.19. The lowest BCUT2D eigenvalue weighted by Gasteiger charge is -1.97. The predicted molar refractivity (Wildman–Crippen MR) is 47.3 cm³/mol. The van der Waals surface area contributed by atoms with Crippen molar-refractivity contribution in [1.82, 2.24) is 4.68 Å². The SMILES string of the molecule is CCOC(=O)c1c[n+](C)n(C)c1C. The number of hydrogen-bond acceptors (Lipinski definition) is 2. The Balaban J connectivity index is 3.01. The number of rotatable bonds is 2. The highest BCUT2D eigenvalue weighted by Crippen LogP contribution is 2.05. The van der Waals surface area contributed by atoms with Crippen molar-refractivity contribution in [3.63, 3.8) is 0 Å². The van der Waals surface area contributed by atoms with Gasteiger partial charge in [0.1, 0.15) is 0 Å². The molecule has 0 aliphatic heterocycles. The first-order valence-electron chi connectivity index (χ1n) is 4.27. The number of aromatic nitrogens is 2. The number of nitrogens with zero attached hydrogens (tertiary/aromatic N) is 2. The van der Waals surface area contributed by atoms with E-state index in [-0.39, 0.29) is 5.97 Å². The summed E-state index contributed by atoms with van der Waals surface area (Å²) in [6.07, 6.45) is 1.77. The Morgan fingerprint density at radius 3 is 2.69 bits per heavy atom. The third-order valence-corrected chi connectivity index (χ3v) is 2.16. The highest BCUT2D eigenvalue weighted by atomic mass is 16.5. The van der Waals surface area contributed by atoms with Gasteiger partial charge in [0.15, 0.2) is 12.6 Å². The fourth-order valence-electron chi connectivity index (χ4n) is 1.19. The Labute approximate surface area is 77.7 Å². The largest absolute Gasteiger partial charge is 0.462 e. The molecular weight excluding hydrogens is 168 g/mol. The first-order chi connectivity index (χ1) is 6.07. The van der Waals surface area contributed by atoms with E-state index in [1.807, 2.05) is 30.4 Å². The Kier molecular flexibility index (Phi) is 2.70. The standard InChI is InChI=1S/C9H15N2O2/c1-5-13-9(12)8-6-10(3)11(4)7(8)2/h6H,5H2,1-4H3/q+1. The van der Waals surface area contributed by atoms with Crippen LogP contribution in [-0.4, -0.2) is 17.3 Å². The van der Waals surface area contributed by atoms with E-state index in [0.29, 0.717) is 12.2 Å². The molecule has 0 aliphatic carbocycles. The Bertz CT molecular complexity index is 329. The van der Waals surface area contributed by atoms with Gasteiger partial charge in [-0.3, -0.25) is 0 Å². The summed E-state index contributed by atoms with van der Waals surface area (Å²) in [4.78, 5) is 11.4. The quantitative estimate of drug-likeness (QED) is 0.489. The van der Waals surface area contributed by atoms with Crippen LogP contribution in [0.3, 0.4) is 0 Å². The number of carbonyl (C=O) groups is 1. The van der Waals surface area contributed by atoms with E-state index in [1.54, 1.807) is 13.1 Å². The monoisotopic (exact) mass is 183 g/mol. The van der Waals surface area contributed by atoms with E-state index in [4.69, 9.17) is 4.74 Å². The van der Waals surface area contributed by atoms with Crippen molar-refractivity contribution in [2.45, 2.75) is 13.8 Å². The number of hydrogen-bond donors (Lipinski definition) is 0. The number of aryl methyl sites for hydroxylation is 1. The highest BCUT2D eigenvalue weighted by Gasteiger charge is 2.19. The van der Waals surface area contributed by atoms with E-state index in [0.717, 1.165) is 5.69 Å². The molecule has 72 valence electrons. The molecule has 0 radical (unpaired) electrons.